The molecule has 1 fully saturated rings. The van der Waals surface area contributed by atoms with Crippen molar-refractivity contribution in [1.82, 2.24) is 9.88 Å². The van der Waals surface area contributed by atoms with Gasteiger partial charge in [-0.2, -0.15) is 0 Å². The molecule has 174 valence electrons. The topological polar surface area (TPSA) is 89.0 Å². The van der Waals surface area contributed by atoms with Crippen LogP contribution in [0.4, 0.5) is 0 Å². The highest BCUT2D eigenvalue weighted by atomic mass is 35.5. The lowest BCUT2D eigenvalue weighted by atomic mass is 9.95. The number of pyridine rings is 1. The van der Waals surface area contributed by atoms with E-state index < -0.39 is 23.5 Å². The van der Waals surface area contributed by atoms with E-state index in [0.29, 0.717) is 16.9 Å². The molecule has 1 aliphatic heterocycles. The van der Waals surface area contributed by atoms with Crippen molar-refractivity contribution in [2.75, 3.05) is 14.2 Å². The first-order valence-corrected chi connectivity index (χ1v) is 11.0. The molecule has 9 heteroatoms. The maximum absolute atomic E-state index is 13.3. The minimum Gasteiger partial charge on any atom is -0.507 e. The van der Waals surface area contributed by atoms with Crippen molar-refractivity contribution >= 4 is 40.7 Å². The second-order valence-electron chi connectivity index (χ2n) is 7.49. The molecule has 1 unspecified atom stereocenters. The van der Waals surface area contributed by atoms with E-state index in [1.807, 2.05) is 18.2 Å². The normalized spacial score (nSPS) is 17.2. The maximum Gasteiger partial charge on any atom is 0.295 e. The first-order chi connectivity index (χ1) is 16.4. The van der Waals surface area contributed by atoms with Gasteiger partial charge in [-0.3, -0.25) is 14.6 Å². The summed E-state index contributed by atoms with van der Waals surface area (Å²) in [7, 11) is 2.91. The van der Waals surface area contributed by atoms with Gasteiger partial charge in [0.1, 0.15) is 17.3 Å². The molecule has 2 heterocycles. The van der Waals surface area contributed by atoms with Crippen LogP contribution in [0.2, 0.25) is 10.0 Å². The van der Waals surface area contributed by atoms with Gasteiger partial charge < -0.3 is 19.5 Å². The first-order valence-electron chi connectivity index (χ1n) is 10.2. The number of hydrogen-bond donors (Lipinski definition) is 1. The average Bonchev–Trinajstić information content (AvgIpc) is 3.09. The molecular weight excluding hydrogens is 479 g/mol. The van der Waals surface area contributed by atoms with Crippen molar-refractivity contribution in [2.24, 2.45) is 0 Å². The average molecular weight is 499 g/mol. The quantitative estimate of drug-likeness (QED) is 0.291. The van der Waals surface area contributed by atoms with Crippen LogP contribution in [0, 0.1) is 0 Å². The van der Waals surface area contributed by atoms with Crippen LogP contribution in [0.15, 0.2) is 66.5 Å². The van der Waals surface area contributed by atoms with Crippen LogP contribution in [0.5, 0.6) is 11.5 Å². The van der Waals surface area contributed by atoms with E-state index in [-0.39, 0.29) is 33.5 Å². The summed E-state index contributed by atoms with van der Waals surface area (Å²) in [6.45, 7) is 0.0752. The lowest BCUT2D eigenvalue weighted by Crippen LogP contribution is -2.29. The highest BCUT2D eigenvalue weighted by Crippen LogP contribution is 2.44. The summed E-state index contributed by atoms with van der Waals surface area (Å²) in [4.78, 5) is 31.9. The fourth-order valence-electron chi connectivity index (χ4n) is 4.04. The van der Waals surface area contributed by atoms with Gasteiger partial charge in [0.2, 0.25) is 0 Å². The molecule has 0 radical (unpaired) electrons. The predicted molar refractivity (Wildman–Crippen MR) is 128 cm³/mol. The summed E-state index contributed by atoms with van der Waals surface area (Å²) in [5.41, 5.74) is 1.30. The molecule has 2 aromatic carbocycles. The number of carbonyl (C=O) groups excluding carboxylic acids is 2. The maximum atomic E-state index is 13.3. The number of ketones is 1. The molecule has 1 N–H and O–H groups in total. The lowest BCUT2D eigenvalue weighted by molar-refractivity contribution is -0.140. The molecule has 0 aliphatic carbocycles. The molecule has 34 heavy (non-hydrogen) atoms. The number of ether oxygens (including phenoxy) is 2. The van der Waals surface area contributed by atoms with E-state index >= 15 is 0 Å². The van der Waals surface area contributed by atoms with Crippen LogP contribution < -0.4 is 9.47 Å². The second kappa shape index (κ2) is 9.75. The number of amides is 1. The smallest absolute Gasteiger partial charge is 0.295 e. The van der Waals surface area contributed by atoms with Crippen molar-refractivity contribution < 1.29 is 24.2 Å². The van der Waals surface area contributed by atoms with Gasteiger partial charge in [-0.1, -0.05) is 41.4 Å². The number of nitrogens with zero attached hydrogens (tertiary/aromatic N) is 2. The van der Waals surface area contributed by atoms with Gasteiger partial charge in [-0.25, -0.2) is 0 Å². The Kier molecular flexibility index (Phi) is 6.77. The van der Waals surface area contributed by atoms with Crippen LogP contribution in [0.25, 0.3) is 5.76 Å². The van der Waals surface area contributed by atoms with Gasteiger partial charge in [0.25, 0.3) is 11.7 Å². The number of aromatic nitrogens is 1. The Morgan fingerprint density at radius 3 is 2.44 bits per heavy atom. The number of likely N-dealkylation sites (tertiary alicyclic amines) is 1. The fourth-order valence-corrected chi connectivity index (χ4v) is 4.61. The van der Waals surface area contributed by atoms with E-state index in [9.17, 15) is 14.7 Å². The van der Waals surface area contributed by atoms with Gasteiger partial charge in [0.05, 0.1) is 43.0 Å². The van der Waals surface area contributed by atoms with Gasteiger partial charge in [0.15, 0.2) is 0 Å². The number of benzene rings is 2. The predicted octanol–water partition coefficient (Wildman–Crippen LogP) is 5.03. The number of aliphatic hydroxyl groups excluding tert-OH is 1. The molecule has 1 aromatic heterocycles. The third kappa shape index (κ3) is 4.20. The third-order valence-electron chi connectivity index (χ3n) is 5.56. The number of Topliss-reactive ketones (excluding diaryl/α,β-unsaturated/α-hetero) is 1. The fraction of sp³-hybridized carbons (Fsp3) is 0.160. The van der Waals surface area contributed by atoms with Crippen molar-refractivity contribution in [2.45, 2.75) is 12.6 Å². The number of carbonyl (C=O) groups is 2. The molecule has 7 nitrogen and oxygen atoms in total. The monoisotopic (exact) mass is 498 g/mol. The summed E-state index contributed by atoms with van der Waals surface area (Å²) in [5, 5.41) is 11.7. The van der Waals surface area contributed by atoms with Crippen LogP contribution in [0.1, 0.15) is 22.7 Å². The van der Waals surface area contributed by atoms with Crippen molar-refractivity contribution in [3.05, 3.63) is 93.2 Å². The molecule has 1 aliphatic rings. The Hall–Kier alpha value is -3.55. The van der Waals surface area contributed by atoms with Crippen molar-refractivity contribution in [1.29, 1.82) is 0 Å². The number of methoxy groups -OCH3 is 2. The Balaban J connectivity index is 1.92. The van der Waals surface area contributed by atoms with Crippen LogP contribution in [0.3, 0.4) is 0 Å². The summed E-state index contributed by atoms with van der Waals surface area (Å²) >= 11 is 12.4. The van der Waals surface area contributed by atoms with Crippen molar-refractivity contribution in [3.63, 3.8) is 0 Å². The van der Waals surface area contributed by atoms with Crippen LogP contribution >= 0.6 is 23.2 Å². The summed E-state index contributed by atoms with van der Waals surface area (Å²) in [5.74, 6) is -1.34. The summed E-state index contributed by atoms with van der Waals surface area (Å²) in [6.07, 6.45) is 3.10. The largest absolute Gasteiger partial charge is 0.507 e. The SMILES string of the molecule is COc1ccccc1CN1C(=O)C(=O)/C(=C(/O)c2cc(Cl)cc(Cl)c2OC)C1c1ccncc1. The van der Waals surface area contributed by atoms with Gasteiger partial charge in [0, 0.05) is 23.0 Å². The Morgan fingerprint density at radius 1 is 1.06 bits per heavy atom. The van der Waals surface area contributed by atoms with E-state index in [2.05, 4.69) is 4.98 Å². The van der Waals surface area contributed by atoms with Gasteiger partial charge >= 0.3 is 0 Å². The minimum atomic E-state index is -0.893. The molecule has 4 rings (SSSR count). The van der Waals surface area contributed by atoms with E-state index in [1.54, 1.807) is 30.6 Å². The number of rotatable bonds is 6. The van der Waals surface area contributed by atoms with Crippen LogP contribution in [-0.4, -0.2) is 40.9 Å². The van der Waals surface area contributed by atoms with Gasteiger partial charge in [-0.05, 0) is 35.9 Å². The lowest BCUT2D eigenvalue weighted by Gasteiger charge is -2.26. The molecule has 0 spiro atoms. The number of para-hydroxylation sites is 1. The summed E-state index contributed by atoms with van der Waals surface area (Å²) < 4.78 is 10.8. The van der Waals surface area contributed by atoms with E-state index in [4.69, 9.17) is 32.7 Å². The summed E-state index contributed by atoms with van der Waals surface area (Å²) in [6, 6.07) is 12.6. The third-order valence-corrected chi connectivity index (χ3v) is 6.06. The molecule has 3 aromatic rings. The standard InChI is InChI=1S/C25H20Cl2N2O5/c1-33-19-6-4-3-5-15(19)13-29-21(14-7-9-28-10-8-14)20(23(31)25(29)32)22(30)17-11-16(26)12-18(27)24(17)34-2/h3-12,21,30H,13H2,1-2H3/b22-20+. The molecule has 0 saturated carbocycles. The van der Waals surface area contributed by atoms with E-state index in [1.165, 1.54) is 31.3 Å². The molecule has 1 saturated heterocycles. The molecule has 1 amide bonds. The van der Waals surface area contributed by atoms with Crippen molar-refractivity contribution in [3.8, 4) is 11.5 Å². The zero-order chi connectivity index (χ0) is 24.4. The molecule has 1 atom stereocenters. The molecule has 0 bridgehead atoms. The van der Waals surface area contributed by atoms with Gasteiger partial charge in [-0.15, -0.1) is 0 Å². The molecular formula is C25H20Cl2N2O5. The Bertz CT molecular complexity index is 1290. The number of hydrogen-bond acceptors (Lipinski definition) is 6. The zero-order valence-electron chi connectivity index (χ0n) is 18.3. The zero-order valence-corrected chi connectivity index (χ0v) is 19.8. The van der Waals surface area contributed by atoms with Crippen LogP contribution in [-0.2, 0) is 16.1 Å². The number of aliphatic hydroxyl groups is 1. The second-order valence-corrected chi connectivity index (χ2v) is 8.33. The Labute approximate surface area is 206 Å². The number of halogens is 2. The Morgan fingerprint density at radius 2 is 1.76 bits per heavy atom. The minimum absolute atomic E-state index is 0.0752. The highest BCUT2D eigenvalue weighted by Gasteiger charge is 2.46. The van der Waals surface area contributed by atoms with E-state index in [0.717, 1.165) is 0 Å². The first kappa shape index (κ1) is 23.6. The highest BCUT2D eigenvalue weighted by molar-refractivity contribution is 6.46.